The Bertz CT molecular complexity index is 2020. The van der Waals surface area contributed by atoms with Crippen LogP contribution >= 0.6 is 34.9 Å². The SMILES string of the molecule is Nc1nc(/C(=N\O[C@H](C(=O)O)c2ccc([O-])c(O)c2)C(=O)N[C@@H]2C(=O)N3C(C(=O)O)=C(/C=C/CSc4nc(N)c5c(n4)CCCC5)CS[C@H]23)cs1. The van der Waals surface area contributed by atoms with Crippen molar-refractivity contribution in [1.29, 1.82) is 0 Å². The predicted octanol–water partition coefficient (Wildman–Crippen LogP) is 1.39. The molecule has 0 bridgehead atoms. The van der Waals surface area contributed by atoms with Crippen molar-refractivity contribution in [2.75, 3.05) is 23.0 Å². The number of phenols is 1. The van der Waals surface area contributed by atoms with Crippen molar-refractivity contribution in [3.63, 3.8) is 0 Å². The molecule has 1 fully saturated rings. The highest BCUT2D eigenvalue weighted by molar-refractivity contribution is 8.00. The number of carbonyl (C=O) groups excluding carboxylic acids is 2. The summed E-state index contributed by atoms with van der Waals surface area (Å²) in [5.74, 6) is -4.87. The first kappa shape index (κ1) is 35.5. The Labute approximate surface area is 301 Å². The van der Waals surface area contributed by atoms with E-state index in [-0.39, 0.29) is 27.8 Å². The minimum absolute atomic E-state index is 0.0551. The van der Waals surface area contributed by atoms with E-state index < -0.39 is 58.5 Å². The number of oxime groups is 1. The maximum Gasteiger partial charge on any atom is 0.352 e. The number of fused-ring (bicyclic) bond motifs is 2. The molecule has 17 nitrogen and oxygen atoms in total. The van der Waals surface area contributed by atoms with Gasteiger partial charge in [-0.3, -0.25) is 14.5 Å². The number of thiazole rings is 1. The first-order valence-electron chi connectivity index (χ1n) is 15.3. The summed E-state index contributed by atoms with van der Waals surface area (Å²) >= 11 is 3.55. The molecule has 0 spiro atoms. The zero-order valence-electron chi connectivity index (χ0n) is 26.3. The van der Waals surface area contributed by atoms with Crippen molar-refractivity contribution in [1.82, 2.24) is 25.2 Å². The quantitative estimate of drug-likeness (QED) is 0.0501. The largest absolute Gasteiger partial charge is 0.870 e. The molecule has 1 aliphatic carbocycles. The second-order valence-corrected chi connectivity index (χ2v) is 14.3. The number of allylic oxidation sites excluding steroid dienone is 1. The summed E-state index contributed by atoms with van der Waals surface area (Å²) < 4.78 is 0. The molecular formula is C31H29N8O9S3-. The molecule has 0 radical (unpaired) electrons. The minimum atomic E-state index is -1.85. The van der Waals surface area contributed by atoms with Gasteiger partial charge in [0.25, 0.3) is 11.8 Å². The molecule has 6 rings (SSSR count). The number of thioether (sulfide) groups is 2. The number of nitrogens with one attached hydrogen (secondary N) is 1. The molecule has 0 saturated carbocycles. The topological polar surface area (TPSA) is 280 Å². The third-order valence-corrected chi connectivity index (χ3v) is 10.8. The zero-order valence-corrected chi connectivity index (χ0v) is 28.8. The van der Waals surface area contributed by atoms with Gasteiger partial charge in [0, 0.05) is 28.0 Å². The van der Waals surface area contributed by atoms with Crippen LogP contribution in [0.1, 0.15) is 41.5 Å². The van der Waals surface area contributed by atoms with E-state index in [1.807, 2.05) is 0 Å². The van der Waals surface area contributed by atoms with E-state index in [2.05, 4.69) is 25.4 Å². The van der Waals surface area contributed by atoms with E-state index in [9.17, 15) is 39.6 Å². The standard InChI is InChI=1S/C31H30N8O9S3/c32-24-15-5-1-2-6-16(15)35-31(37-24)49-9-3-4-14-11-50-27-21(26(43)39(27)22(14)28(44)45)36-25(42)20(17-12-51-30(33)34-17)38-48-23(29(46)47)13-7-8-18(40)19(41)10-13/h3-4,7-8,10,12,21,23,27,40-41H,1-2,5-6,9,11H2,(H2,33,34)(H,36,42)(H,44,45)(H,46,47)(H2,32,35,37)/p-1/b4-3+,38-20+/t21-,23+,27-/m1/s1. The highest BCUT2D eigenvalue weighted by atomic mass is 32.2. The number of aryl methyl sites for hydroxylation is 1. The number of hydrogen-bond acceptors (Lipinski definition) is 16. The fraction of sp³-hybridized carbons (Fsp3) is 0.290. The van der Waals surface area contributed by atoms with Crippen molar-refractivity contribution in [2.24, 2.45) is 5.16 Å². The molecule has 4 heterocycles. The van der Waals surface area contributed by atoms with E-state index in [0.29, 0.717) is 22.3 Å². The van der Waals surface area contributed by atoms with E-state index in [1.54, 1.807) is 12.2 Å². The van der Waals surface area contributed by atoms with Crippen LogP contribution in [0.2, 0.25) is 0 Å². The first-order valence-corrected chi connectivity index (χ1v) is 18.2. The smallest absolute Gasteiger partial charge is 0.352 e. The number of nitrogen functional groups attached to an aromatic ring is 2. The molecule has 266 valence electrons. The van der Waals surface area contributed by atoms with Crippen molar-refractivity contribution in [2.45, 2.75) is 48.4 Å². The highest BCUT2D eigenvalue weighted by Crippen LogP contribution is 2.41. The van der Waals surface area contributed by atoms with E-state index in [1.165, 1.54) is 28.9 Å². The Hall–Kier alpha value is -5.34. The fourth-order valence-electron chi connectivity index (χ4n) is 5.61. The van der Waals surface area contributed by atoms with E-state index >= 15 is 0 Å². The molecule has 3 aliphatic rings. The number of carbonyl (C=O) groups is 4. The van der Waals surface area contributed by atoms with E-state index in [4.69, 9.17) is 16.3 Å². The van der Waals surface area contributed by atoms with Gasteiger partial charge in [0.05, 0.1) is 5.69 Å². The molecule has 20 heteroatoms. The molecule has 8 N–H and O–H groups in total. The summed E-state index contributed by atoms with van der Waals surface area (Å²) in [4.78, 5) is 70.5. The van der Waals surface area contributed by atoms with Gasteiger partial charge in [-0.2, -0.15) is 0 Å². The zero-order chi connectivity index (χ0) is 36.4. The second kappa shape index (κ2) is 14.9. The number of aromatic hydroxyl groups is 1. The number of amides is 2. The lowest BCUT2D eigenvalue weighted by atomic mass is 9.97. The first-order chi connectivity index (χ1) is 24.4. The summed E-state index contributed by atoms with van der Waals surface area (Å²) in [5.41, 5.74) is 13.3. The van der Waals surface area contributed by atoms with Crippen LogP contribution in [0.25, 0.3) is 0 Å². The molecule has 3 aromatic rings. The average molecular weight is 754 g/mol. The van der Waals surface area contributed by atoms with Crippen LogP contribution in [0.4, 0.5) is 10.9 Å². The third kappa shape index (κ3) is 7.42. The summed E-state index contributed by atoms with van der Waals surface area (Å²) in [6.45, 7) is 0. The number of aromatic nitrogens is 3. The van der Waals surface area contributed by atoms with Crippen molar-refractivity contribution < 1.29 is 44.4 Å². The molecular weight excluding hydrogens is 725 g/mol. The number of carboxylic acid groups (broad SMARTS) is 2. The number of anilines is 2. The van der Waals surface area contributed by atoms with Crippen LogP contribution in [-0.2, 0) is 36.9 Å². The lowest BCUT2D eigenvalue weighted by molar-refractivity contribution is -0.270. The lowest BCUT2D eigenvalue weighted by Gasteiger charge is -2.49. The summed E-state index contributed by atoms with van der Waals surface area (Å²) in [6.07, 6.45) is 5.36. The van der Waals surface area contributed by atoms with Gasteiger partial charge in [-0.05, 0) is 37.3 Å². The molecule has 51 heavy (non-hydrogen) atoms. The summed E-state index contributed by atoms with van der Waals surface area (Å²) in [7, 11) is 0. The van der Waals surface area contributed by atoms with Crippen LogP contribution in [0, 0.1) is 0 Å². The Morgan fingerprint density at radius 1 is 1.20 bits per heavy atom. The number of phenolic OH excluding ortho intramolecular Hbond substituents is 1. The highest BCUT2D eigenvalue weighted by Gasteiger charge is 2.54. The molecule has 0 unspecified atom stereocenters. The molecule has 1 saturated heterocycles. The van der Waals surface area contributed by atoms with Gasteiger partial charge in [0.15, 0.2) is 16.0 Å². The monoisotopic (exact) mass is 753 g/mol. The molecule has 1 aromatic carbocycles. The maximum atomic E-state index is 13.5. The molecule has 2 amide bonds. The van der Waals surface area contributed by atoms with Gasteiger partial charge in [-0.1, -0.05) is 47.0 Å². The number of nitrogens with two attached hydrogens (primary N) is 2. The summed E-state index contributed by atoms with van der Waals surface area (Å²) in [6, 6.07) is 1.80. The van der Waals surface area contributed by atoms with Crippen LogP contribution < -0.4 is 21.9 Å². The number of benzene rings is 1. The Morgan fingerprint density at radius 3 is 2.69 bits per heavy atom. The lowest BCUT2D eigenvalue weighted by Crippen LogP contribution is -2.71. The van der Waals surface area contributed by atoms with Gasteiger partial charge in [0.2, 0.25) is 6.10 Å². The number of nitrogens with zero attached hydrogens (tertiary/aromatic N) is 5. The fourth-order valence-corrected chi connectivity index (χ4v) is 8.16. The number of rotatable bonds is 12. The number of hydrogen-bond donors (Lipinski definition) is 6. The van der Waals surface area contributed by atoms with Crippen molar-refractivity contribution in [3.8, 4) is 11.5 Å². The van der Waals surface area contributed by atoms with Crippen LogP contribution in [0.5, 0.6) is 11.5 Å². The van der Waals surface area contributed by atoms with Crippen molar-refractivity contribution >= 4 is 75.3 Å². The molecule has 2 aromatic heterocycles. The van der Waals surface area contributed by atoms with E-state index in [0.717, 1.165) is 71.4 Å². The molecule has 2 aliphatic heterocycles. The molecule has 3 atom stereocenters. The minimum Gasteiger partial charge on any atom is -0.870 e. The summed E-state index contributed by atoms with van der Waals surface area (Å²) in [5, 5.41) is 48.6. The Kier molecular flexibility index (Phi) is 10.3. The number of β-lactam (4-membered cyclic amide) rings is 1. The van der Waals surface area contributed by atoms with Gasteiger partial charge in [0.1, 0.15) is 34.4 Å². The van der Waals surface area contributed by atoms with Gasteiger partial charge >= 0.3 is 11.9 Å². The maximum absolute atomic E-state index is 13.5. The van der Waals surface area contributed by atoms with Crippen LogP contribution in [0.3, 0.4) is 0 Å². The average Bonchev–Trinajstić information content (AvgIpc) is 3.53. The Balaban J connectivity index is 1.15. The number of aliphatic carboxylic acids is 2. The predicted molar refractivity (Wildman–Crippen MR) is 185 cm³/mol. The van der Waals surface area contributed by atoms with Crippen molar-refractivity contribution in [3.05, 3.63) is 69.5 Å². The van der Waals surface area contributed by atoms with Crippen LogP contribution in [-0.4, -0.2) is 87.6 Å². The van der Waals surface area contributed by atoms with Crippen LogP contribution in [0.15, 0.2) is 57.3 Å². The third-order valence-electron chi connectivity index (χ3n) is 8.05. The van der Waals surface area contributed by atoms with Gasteiger partial charge < -0.3 is 42.0 Å². The normalized spacial score (nSPS) is 19.3. The number of carboxylic acids is 2. The Morgan fingerprint density at radius 2 is 1.98 bits per heavy atom. The van der Waals surface area contributed by atoms with Gasteiger partial charge in [-0.25, -0.2) is 24.5 Å². The van der Waals surface area contributed by atoms with Gasteiger partial charge in [-0.15, -0.1) is 23.1 Å². The second-order valence-electron chi connectivity index (χ2n) is 11.3.